The Bertz CT molecular complexity index is 716. The van der Waals surface area contributed by atoms with E-state index in [2.05, 4.69) is 15.2 Å². The van der Waals surface area contributed by atoms with E-state index in [1.54, 1.807) is 6.20 Å². The lowest BCUT2D eigenvalue weighted by molar-refractivity contribution is 0.0934. The van der Waals surface area contributed by atoms with Gasteiger partial charge in [-0.2, -0.15) is 0 Å². The fourth-order valence-corrected chi connectivity index (χ4v) is 3.05. The van der Waals surface area contributed by atoms with Crippen molar-refractivity contribution >= 4 is 5.91 Å². The molecule has 0 spiro atoms. The highest BCUT2D eigenvalue weighted by Crippen LogP contribution is 2.18. The monoisotopic (exact) mass is 345 g/mol. The molecule has 0 unspecified atom stereocenters. The number of halogens is 2. The summed E-state index contributed by atoms with van der Waals surface area (Å²) in [4.78, 5) is 18.7. The number of carbonyl (C=O) groups excluding carboxylic acids is 1. The molecule has 2 heterocycles. The van der Waals surface area contributed by atoms with Crippen molar-refractivity contribution in [1.82, 2.24) is 15.2 Å². The number of nitrogens with zero attached hydrogens (tertiary/aromatic N) is 2. The molecule has 1 amide bonds. The molecule has 2 aromatic rings. The number of nitrogens with one attached hydrogen (secondary N) is 1. The summed E-state index contributed by atoms with van der Waals surface area (Å²) in [6.45, 7) is 3.31. The predicted molar refractivity (Wildman–Crippen MR) is 90.9 cm³/mol. The Kier molecular flexibility index (Phi) is 5.71. The van der Waals surface area contributed by atoms with E-state index in [9.17, 15) is 13.6 Å². The van der Waals surface area contributed by atoms with E-state index in [4.69, 9.17) is 0 Å². The second-order valence-corrected chi connectivity index (χ2v) is 6.38. The van der Waals surface area contributed by atoms with Crippen LogP contribution in [0, 0.1) is 17.6 Å². The molecule has 0 aliphatic carbocycles. The number of rotatable bonds is 5. The van der Waals surface area contributed by atoms with Gasteiger partial charge in [0.1, 0.15) is 0 Å². The van der Waals surface area contributed by atoms with E-state index >= 15 is 0 Å². The van der Waals surface area contributed by atoms with Crippen molar-refractivity contribution in [3.8, 4) is 0 Å². The molecule has 0 saturated carbocycles. The van der Waals surface area contributed by atoms with Crippen molar-refractivity contribution in [1.29, 1.82) is 0 Å². The summed E-state index contributed by atoms with van der Waals surface area (Å²) in [6, 6.07) is 9.12. The summed E-state index contributed by atoms with van der Waals surface area (Å²) < 4.78 is 26.1. The van der Waals surface area contributed by atoms with Crippen LogP contribution in [0.25, 0.3) is 0 Å². The Balaban J connectivity index is 1.43. The van der Waals surface area contributed by atoms with Gasteiger partial charge >= 0.3 is 0 Å². The van der Waals surface area contributed by atoms with Gasteiger partial charge in [0.15, 0.2) is 11.6 Å². The van der Waals surface area contributed by atoms with E-state index in [-0.39, 0.29) is 11.5 Å². The van der Waals surface area contributed by atoms with Crippen molar-refractivity contribution < 1.29 is 13.6 Å². The smallest absolute Gasteiger partial charge is 0.251 e. The maximum Gasteiger partial charge on any atom is 0.251 e. The minimum atomic E-state index is -1.00. The van der Waals surface area contributed by atoms with Crippen LogP contribution in [-0.4, -0.2) is 35.4 Å². The van der Waals surface area contributed by atoms with Crippen molar-refractivity contribution in [3.05, 3.63) is 65.5 Å². The van der Waals surface area contributed by atoms with Crippen LogP contribution < -0.4 is 5.32 Å². The van der Waals surface area contributed by atoms with Crippen LogP contribution in [0.1, 0.15) is 28.9 Å². The second-order valence-electron chi connectivity index (χ2n) is 6.38. The quantitative estimate of drug-likeness (QED) is 0.906. The zero-order chi connectivity index (χ0) is 17.6. The zero-order valence-corrected chi connectivity index (χ0v) is 13.9. The number of likely N-dealkylation sites (tertiary alicyclic amines) is 1. The van der Waals surface area contributed by atoms with Gasteiger partial charge in [0.25, 0.3) is 5.91 Å². The first-order valence-corrected chi connectivity index (χ1v) is 8.47. The molecule has 1 N–H and O–H groups in total. The van der Waals surface area contributed by atoms with E-state index in [0.29, 0.717) is 12.5 Å². The summed E-state index contributed by atoms with van der Waals surface area (Å²) >= 11 is 0. The lowest BCUT2D eigenvalue weighted by atomic mass is 9.96. The van der Waals surface area contributed by atoms with Gasteiger partial charge in [0, 0.05) is 24.8 Å². The van der Waals surface area contributed by atoms with Gasteiger partial charge in [-0.3, -0.25) is 14.7 Å². The first kappa shape index (κ1) is 17.5. The normalized spacial score (nSPS) is 15.9. The van der Waals surface area contributed by atoms with Crippen molar-refractivity contribution in [2.45, 2.75) is 19.4 Å². The summed E-state index contributed by atoms with van der Waals surface area (Å²) in [5, 5.41) is 2.82. The minimum absolute atomic E-state index is 0.145. The van der Waals surface area contributed by atoms with Gasteiger partial charge in [-0.25, -0.2) is 8.78 Å². The molecule has 0 radical (unpaired) electrons. The van der Waals surface area contributed by atoms with E-state index in [0.717, 1.165) is 50.3 Å². The first-order valence-electron chi connectivity index (χ1n) is 8.47. The number of aromatic nitrogens is 1. The van der Waals surface area contributed by atoms with Crippen molar-refractivity contribution in [2.24, 2.45) is 5.92 Å². The van der Waals surface area contributed by atoms with E-state index in [1.165, 1.54) is 6.07 Å². The number of piperidine rings is 1. The standard InChI is InChI=1S/C19H21F2N3O/c20-17-5-4-15(11-18(17)21)19(25)23-12-14-6-9-24(10-7-14)13-16-3-1-2-8-22-16/h1-5,8,11,14H,6-7,9-10,12-13H2,(H,23,25). The third-order valence-electron chi connectivity index (χ3n) is 4.55. The van der Waals surface area contributed by atoms with Crippen LogP contribution in [0.2, 0.25) is 0 Å². The first-order chi connectivity index (χ1) is 12.1. The lowest BCUT2D eigenvalue weighted by Crippen LogP contribution is -2.38. The number of benzene rings is 1. The van der Waals surface area contributed by atoms with Crippen LogP contribution in [0.4, 0.5) is 8.78 Å². The Morgan fingerprint density at radius 1 is 1.16 bits per heavy atom. The molecular formula is C19H21F2N3O. The zero-order valence-electron chi connectivity index (χ0n) is 13.9. The molecule has 4 nitrogen and oxygen atoms in total. The molecule has 1 aliphatic heterocycles. The maximum atomic E-state index is 13.2. The topological polar surface area (TPSA) is 45.2 Å². The summed E-state index contributed by atoms with van der Waals surface area (Å²) in [5.41, 5.74) is 1.21. The number of hydrogen-bond donors (Lipinski definition) is 1. The second kappa shape index (κ2) is 8.16. The van der Waals surface area contributed by atoms with Gasteiger partial charge < -0.3 is 5.32 Å². The summed E-state index contributed by atoms with van der Waals surface area (Å²) in [6.07, 6.45) is 3.78. The maximum absolute atomic E-state index is 13.2. The summed E-state index contributed by atoms with van der Waals surface area (Å²) in [7, 11) is 0. The van der Waals surface area contributed by atoms with E-state index < -0.39 is 11.6 Å². The number of hydrogen-bond acceptors (Lipinski definition) is 3. The van der Waals surface area contributed by atoms with Crippen LogP contribution in [-0.2, 0) is 6.54 Å². The molecule has 132 valence electrons. The Morgan fingerprint density at radius 2 is 1.96 bits per heavy atom. The highest BCUT2D eigenvalue weighted by atomic mass is 19.2. The molecule has 6 heteroatoms. The third kappa shape index (κ3) is 4.82. The molecule has 25 heavy (non-hydrogen) atoms. The Hall–Kier alpha value is -2.34. The molecular weight excluding hydrogens is 324 g/mol. The lowest BCUT2D eigenvalue weighted by Gasteiger charge is -2.31. The fraction of sp³-hybridized carbons (Fsp3) is 0.368. The van der Waals surface area contributed by atoms with Gasteiger partial charge in [-0.05, 0) is 62.2 Å². The molecule has 1 aromatic heterocycles. The van der Waals surface area contributed by atoms with Gasteiger partial charge in [-0.1, -0.05) is 6.07 Å². The highest BCUT2D eigenvalue weighted by molar-refractivity contribution is 5.94. The van der Waals surface area contributed by atoms with Crippen molar-refractivity contribution in [3.63, 3.8) is 0 Å². The van der Waals surface area contributed by atoms with Crippen LogP contribution in [0.15, 0.2) is 42.6 Å². The Labute approximate surface area is 145 Å². The average Bonchev–Trinajstić information content (AvgIpc) is 2.64. The summed E-state index contributed by atoms with van der Waals surface area (Å²) in [5.74, 6) is -1.92. The highest BCUT2D eigenvalue weighted by Gasteiger charge is 2.20. The van der Waals surface area contributed by atoms with Gasteiger partial charge in [-0.15, -0.1) is 0 Å². The van der Waals surface area contributed by atoms with Crippen molar-refractivity contribution in [2.75, 3.05) is 19.6 Å². The molecule has 1 saturated heterocycles. The fourth-order valence-electron chi connectivity index (χ4n) is 3.05. The predicted octanol–water partition coefficient (Wildman–Crippen LogP) is 3.00. The van der Waals surface area contributed by atoms with Gasteiger partial charge in [0.05, 0.1) is 5.69 Å². The van der Waals surface area contributed by atoms with Crippen LogP contribution in [0.5, 0.6) is 0 Å². The molecule has 1 aromatic carbocycles. The number of amides is 1. The average molecular weight is 345 g/mol. The molecule has 1 aliphatic rings. The molecule has 0 atom stereocenters. The van der Waals surface area contributed by atoms with Crippen LogP contribution in [0.3, 0.4) is 0 Å². The molecule has 0 bridgehead atoms. The minimum Gasteiger partial charge on any atom is -0.352 e. The number of carbonyl (C=O) groups is 1. The van der Waals surface area contributed by atoms with Gasteiger partial charge in [0.2, 0.25) is 0 Å². The SMILES string of the molecule is O=C(NCC1CCN(Cc2ccccn2)CC1)c1ccc(F)c(F)c1. The number of pyridine rings is 1. The Morgan fingerprint density at radius 3 is 2.64 bits per heavy atom. The third-order valence-corrected chi connectivity index (χ3v) is 4.55. The largest absolute Gasteiger partial charge is 0.352 e. The molecule has 3 rings (SSSR count). The van der Waals surface area contributed by atoms with E-state index in [1.807, 2.05) is 18.2 Å². The van der Waals surface area contributed by atoms with Crippen LogP contribution >= 0.6 is 0 Å². The molecule has 1 fully saturated rings.